The van der Waals surface area contributed by atoms with Crippen LogP contribution < -0.4 is 10.1 Å². The largest absolute Gasteiger partial charge is 0.487 e. The molecule has 0 fully saturated rings. The third kappa shape index (κ3) is 4.72. The fraction of sp³-hybridized carbons (Fsp3) is 0.200. The number of benzene rings is 1. The molecule has 1 N–H and O–H groups in total. The molecule has 0 unspecified atom stereocenters. The van der Waals surface area contributed by atoms with Gasteiger partial charge in [-0.15, -0.1) is 0 Å². The van der Waals surface area contributed by atoms with Gasteiger partial charge in [-0.25, -0.2) is 4.98 Å². The van der Waals surface area contributed by atoms with Gasteiger partial charge >= 0.3 is 0 Å². The number of carbonyl (C=O) groups is 1. The van der Waals surface area contributed by atoms with Gasteiger partial charge in [0.2, 0.25) is 0 Å². The van der Waals surface area contributed by atoms with Crippen molar-refractivity contribution in [2.24, 2.45) is 0 Å². The number of hydrogen-bond acceptors (Lipinski definition) is 4. The van der Waals surface area contributed by atoms with Crippen LogP contribution in [-0.2, 0) is 4.74 Å². The highest BCUT2D eigenvalue weighted by atomic mass is 35.5. The monoisotopic (exact) mass is 374 g/mol. The van der Waals surface area contributed by atoms with Gasteiger partial charge in [0.15, 0.2) is 5.75 Å². The first-order valence-electron chi connectivity index (χ1n) is 6.55. The summed E-state index contributed by atoms with van der Waals surface area (Å²) >= 11 is 17.7. The number of aromatic nitrogens is 1. The standard InChI is InChI=1S/C15H13Cl3N2O3/c1-22-5-6-23-13-10(16)3-2-4-12(13)20-15(21)9-7-11(17)14(18)19-8-9/h2-4,7-8H,5-6H2,1H3,(H,20,21). The van der Waals surface area contributed by atoms with Gasteiger partial charge in [-0.05, 0) is 18.2 Å². The molecular weight excluding hydrogens is 363 g/mol. The fourth-order valence-electron chi connectivity index (χ4n) is 1.72. The lowest BCUT2D eigenvalue weighted by Crippen LogP contribution is -2.14. The number of methoxy groups -OCH3 is 1. The third-order valence-corrected chi connectivity index (χ3v) is 3.79. The summed E-state index contributed by atoms with van der Waals surface area (Å²) in [5.74, 6) is -0.0393. The van der Waals surface area contributed by atoms with Crippen LogP contribution >= 0.6 is 34.8 Å². The number of pyridine rings is 1. The van der Waals surface area contributed by atoms with Crippen molar-refractivity contribution in [2.75, 3.05) is 25.6 Å². The maximum atomic E-state index is 12.3. The van der Waals surface area contributed by atoms with Crippen molar-refractivity contribution in [3.05, 3.63) is 51.2 Å². The summed E-state index contributed by atoms with van der Waals surface area (Å²) in [6.45, 7) is 0.701. The number of carbonyl (C=O) groups excluding carboxylic acids is 1. The van der Waals surface area contributed by atoms with Crippen LogP contribution in [0.1, 0.15) is 10.4 Å². The smallest absolute Gasteiger partial charge is 0.257 e. The Bertz CT molecular complexity index is 710. The molecule has 0 radical (unpaired) electrons. The molecule has 1 amide bonds. The maximum absolute atomic E-state index is 12.3. The first-order chi connectivity index (χ1) is 11.0. The summed E-state index contributed by atoms with van der Waals surface area (Å²) in [4.78, 5) is 16.1. The molecule has 1 aromatic carbocycles. The Labute approximate surface area is 148 Å². The van der Waals surface area contributed by atoms with E-state index in [0.717, 1.165) is 0 Å². The van der Waals surface area contributed by atoms with Crippen LogP contribution in [0.2, 0.25) is 15.2 Å². The molecular formula is C15H13Cl3N2O3. The van der Waals surface area contributed by atoms with E-state index in [9.17, 15) is 4.79 Å². The molecule has 0 aliphatic carbocycles. The predicted molar refractivity (Wildman–Crippen MR) is 91.0 cm³/mol. The summed E-state index contributed by atoms with van der Waals surface area (Å²) in [5.41, 5.74) is 0.701. The predicted octanol–water partition coefficient (Wildman–Crippen LogP) is 4.32. The van der Waals surface area contributed by atoms with E-state index in [-0.39, 0.29) is 15.7 Å². The minimum Gasteiger partial charge on any atom is -0.487 e. The van der Waals surface area contributed by atoms with Gasteiger partial charge in [0.05, 0.1) is 27.9 Å². The highest BCUT2D eigenvalue weighted by Crippen LogP contribution is 2.33. The molecule has 0 spiro atoms. The van der Waals surface area contributed by atoms with E-state index in [1.54, 1.807) is 25.3 Å². The van der Waals surface area contributed by atoms with E-state index in [2.05, 4.69) is 10.3 Å². The Morgan fingerprint density at radius 1 is 1.22 bits per heavy atom. The minimum atomic E-state index is -0.407. The topological polar surface area (TPSA) is 60.5 Å². The maximum Gasteiger partial charge on any atom is 0.257 e. The molecule has 0 atom stereocenters. The number of rotatable bonds is 6. The summed E-state index contributed by atoms with van der Waals surface area (Å²) in [6.07, 6.45) is 1.33. The second-order valence-corrected chi connectivity index (χ2v) is 5.58. The Morgan fingerprint density at radius 3 is 2.70 bits per heavy atom. The van der Waals surface area contributed by atoms with Crippen LogP contribution in [0.3, 0.4) is 0 Å². The van der Waals surface area contributed by atoms with Crippen LogP contribution in [0.25, 0.3) is 0 Å². The Hall–Kier alpha value is -1.53. The number of halogens is 3. The van der Waals surface area contributed by atoms with E-state index >= 15 is 0 Å². The summed E-state index contributed by atoms with van der Waals surface area (Å²) in [7, 11) is 1.57. The highest BCUT2D eigenvalue weighted by molar-refractivity contribution is 6.41. The number of hydrogen-bond donors (Lipinski definition) is 1. The lowest BCUT2D eigenvalue weighted by atomic mass is 10.2. The second-order valence-electron chi connectivity index (χ2n) is 4.41. The zero-order valence-corrected chi connectivity index (χ0v) is 14.4. The highest BCUT2D eigenvalue weighted by Gasteiger charge is 2.14. The molecule has 0 aliphatic heterocycles. The molecule has 0 saturated heterocycles. The Balaban J connectivity index is 2.19. The molecule has 5 nitrogen and oxygen atoms in total. The van der Waals surface area contributed by atoms with Gasteiger partial charge in [0, 0.05) is 13.3 Å². The average molecular weight is 376 g/mol. The summed E-state index contributed by atoms with van der Waals surface area (Å²) < 4.78 is 10.5. The van der Waals surface area contributed by atoms with Crippen molar-refractivity contribution in [1.29, 1.82) is 0 Å². The molecule has 1 heterocycles. The number of nitrogens with zero attached hydrogens (tertiary/aromatic N) is 1. The van der Waals surface area contributed by atoms with E-state index in [1.165, 1.54) is 12.3 Å². The van der Waals surface area contributed by atoms with Crippen molar-refractivity contribution >= 4 is 46.4 Å². The second kappa shape index (κ2) is 8.36. The van der Waals surface area contributed by atoms with Crippen LogP contribution in [0.15, 0.2) is 30.5 Å². The zero-order chi connectivity index (χ0) is 16.8. The average Bonchev–Trinajstić information content (AvgIpc) is 2.52. The van der Waals surface area contributed by atoms with Gasteiger partial charge in [0.1, 0.15) is 11.8 Å². The number of anilines is 1. The molecule has 23 heavy (non-hydrogen) atoms. The zero-order valence-electron chi connectivity index (χ0n) is 12.1. The van der Waals surface area contributed by atoms with Gasteiger partial charge in [-0.3, -0.25) is 4.79 Å². The van der Waals surface area contributed by atoms with Crippen molar-refractivity contribution in [2.45, 2.75) is 0 Å². The molecule has 2 aromatic rings. The first kappa shape index (κ1) is 17.8. The number of para-hydroxylation sites is 1. The molecule has 122 valence electrons. The van der Waals surface area contributed by atoms with Crippen molar-refractivity contribution < 1.29 is 14.3 Å². The van der Waals surface area contributed by atoms with Crippen molar-refractivity contribution in [3.63, 3.8) is 0 Å². The van der Waals surface area contributed by atoms with Crippen molar-refractivity contribution in [3.8, 4) is 5.75 Å². The van der Waals surface area contributed by atoms with Gasteiger partial charge < -0.3 is 14.8 Å². The van der Waals surface area contributed by atoms with Crippen molar-refractivity contribution in [1.82, 2.24) is 4.98 Å². The number of nitrogens with one attached hydrogen (secondary N) is 1. The Kier molecular flexibility index (Phi) is 6.47. The van der Waals surface area contributed by atoms with Crippen LogP contribution in [-0.4, -0.2) is 31.2 Å². The van der Waals surface area contributed by atoms with Crippen LogP contribution in [0.4, 0.5) is 5.69 Å². The Morgan fingerprint density at radius 2 is 2.00 bits per heavy atom. The molecule has 2 rings (SSSR count). The number of amides is 1. The fourth-order valence-corrected chi connectivity index (χ4v) is 2.22. The molecule has 0 saturated carbocycles. The molecule has 8 heteroatoms. The van der Waals surface area contributed by atoms with Gasteiger partial charge in [-0.1, -0.05) is 40.9 Å². The van der Waals surface area contributed by atoms with E-state index < -0.39 is 5.91 Å². The summed E-state index contributed by atoms with van der Waals surface area (Å²) in [6, 6.07) is 6.48. The van der Waals surface area contributed by atoms with E-state index in [1.807, 2.05) is 0 Å². The van der Waals surface area contributed by atoms with E-state index in [4.69, 9.17) is 44.3 Å². The SMILES string of the molecule is COCCOc1c(Cl)cccc1NC(=O)c1cnc(Cl)c(Cl)c1. The number of ether oxygens (including phenoxy) is 2. The lowest BCUT2D eigenvalue weighted by Gasteiger charge is -2.14. The summed E-state index contributed by atoms with van der Waals surface area (Å²) in [5, 5.41) is 3.42. The minimum absolute atomic E-state index is 0.134. The first-order valence-corrected chi connectivity index (χ1v) is 7.69. The molecule has 0 aliphatic rings. The quantitative estimate of drug-likeness (QED) is 0.603. The molecule has 0 bridgehead atoms. The normalized spacial score (nSPS) is 10.4. The van der Waals surface area contributed by atoms with Crippen LogP contribution in [0.5, 0.6) is 5.75 Å². The van der Waals surface area contributed by atoms with Gasteiger partial charge in [-0.2, -0.15) is 0 Å². The lowest BCUT2D eigenvalue weighted by molar-refractivity contribution is 0.102. The molecule has 1 aromatic heterocycles. The third-order valence-electron chi connectivity index (χ3n) is 2.81. The van der Waals surface area contributed by atoms with E-state index in [0.29, 0.717) is 29.7 Å². The van der Waals surface area contributed by atoms with Crippen LogP contribution in [0, 0.1) is 0 Å². The van der Waals surface area contributed by atoms with Gasteiger partial charge in [0.25, 0.3) is 5.91 Å².